The van der Waals surface area contributed by atoms with E-state index in [9.17, 15) is 39.9 Å². The Balaban J connectivity index is 0.000000187. The van der Waals surface area contributed by atoms with Crippen LogP contribution >= 0.6 is 0 Å². The van der Waals surface area contributed by atoms with Crippen LogP contribution in [0.5, 0.6) is 11.5 Å². The Kier molecular flexibility index (Phi) is 18.6. The molecule has 0 amide bonds. The number of hydrogen-bond acceptors (Lipinski definition) is 9. The molecule has 6 unspecified atom stereocenters. The fourth-order valence-electron chi connectivity index (χ4n) is 10.3. The SMILES string of the molecule is CC1C2=CCc3cc(O)ccc3C2=CCC1(C)C.CC1CC(=O)C(O)C1(C)C.CC1CCC(=O)C1(C)C.CC1C[C@@H](O)C(=O)C1(C)C.CC1C[C@@H](O)[C@H](O)C1(C)C.Cc1ccc2cc(O)ccc2c1C. The van der Waals surface area contributed by atoms with E-state index < -0.39 is 24.4 Å². The molecule has 4 saturated carbocycles. The highest BCUT2D eigenvalue weighted by molar-refractivity contribution is 5.91. The highest BCUT2D eigenvalue weighted by atomic mass is 16.3. The van der Waals surface area contributed by atoms with Crippen LogP contribution in [0.4, 0.5) is 0 Å². The third-order valence-electron chi connectivity index (χ3n) is 18.5. The van der Waals surface area contributed by atoms with E-state index in [0.717, 1.165) is 37.5 Å². The van der Waals surface area contributed by atoms with Crippen LogP contribution in [0.2, 0.25) is 0 Å². The van der Waals surface area contributed by atoms with E-state index in [1.165, 1.54) is 38.8 Å². The van der Waals surface area contributed by atoms with Crippen molar-refractivity contribution in [2.45, 2.75) is 187 Å². The van der Waals surface area contributed by atoms with Gasteiger partial charge in [0.15, 0.2) is 11.6 Å². The number of aliphatic hydroxyl groups is 4. The van der Waals surface area contributed by atoms with Crippen molar-refractivity contribution in [1.29, 1.82) is 0 Å². The van der Waals surface area contributed by atoms with E-state index in [0.29, 0.717) is 65.1 Å². The van der Waals surface area contributed by atoms with E-state index in [-0.39, 0.29) is 33.2 Å². The summed E-state index contributed by atoms with van der Waals surface area (Å²) in [5, 5.41) is 58.4. The fourth-order valence-corrected chi connectivity index (χ4v) is 10.3. The van der Waals surface area contributed by atoms with Crippen molar-refractivity contribution in [2.75, 3.05) is 0 Å². The summed E-state index contributed by atoms with van der Waals surface area (Å²) in [4.78, 5) is 33.2. The van der Waals surface area contributed by atoms with Crippen LogP contribution in [-0.2, 0) is 20.8 Å². The standard InChI is InChI=1S/C17H20O.C12H12O.C8H16O2.2C8H14O2.C8H14O/c1-11-14-6-4-12-10-13(18)5-7-15(12)16(14)8-9-17(11,2)3;1-8-3-4-10-7-11(13)5-6-12(10)9(8)2;3*1-5-4-6(9)7(10)8(5,2)3;1-6-4-5-7(9)8(6,2)3/h5-8,10-11,18H,4,9H2,1-3H3;3-7,13H,1-2H3;5-7,9-10H,4H2,1-3H3;5,7,10H,4H2,1-3H3;5-6,9H,4H2,1-3H3;6H,4-5H2,1-3H3/t;;5?,6-,7+;;5?,6-;/m..1.1./s1. The van der Waals surface area contributed by atoms with Gasteiger partial charge >= 0.3 is 0 Å². The molecule has 9 rings (SSSR count). The topological polar surface area (TPSA) is 173 Å². The van der Waals surface area contributed by atoms with E-state index in [4.69, 9.17) is 5.11 Å². The van der Waals surface area contributed by atoms with E-state index in [1.807, 2.05) is 87.4 Å². The number of allylic oxidation sites excluding steroid dienone is 4. The summed E-state index contributed by atoms with van der Waals surface area (Å²) in [6, 6.07) is 15.4. The van der Waals surface area contributed by atoms with Crippen molar-refractivity contribution in [3.05, 3.63) is 88.5 Å². The Labute approximate surface area is 420 Å². The number of phenols is 2. The predicted molar refractivity (Wildman–Crippen MR) is 284 cm³/mol. The molecule has 0 radical (unpaired) electrons. The van der Waals surface area contributed by atoms with Gasteiger partial charge in [-0.15, -0.1) is 0 Å². The number of rotatable bonds is 0. The number of fused-ring (bicyclic) bond motifs is 4. The van der Waals surface area contributed by atoms with Crippen molar-refractivity contribution in [3.63, 3.8) is 0 Å². The normalized spacial score (nSPS) is 30.2. The van der Waals surface area contributed by atoms with Crippen molar-refractivity contribution in [1.82, 2.24) is 0 Å². The van der Waals surface area contributed by atoms with Gasteiger partial charge in [-0.1, -0.05) is 140 Å². The number of phenolic OH excluding ortho intramolecular Hbond substituents is 2. The Bertz CT molecular complexity index is 2410. The summed E-state index contributed by atoms with van der Waals surface area (Å²) in [6.07, 6.45) is 8.09. The average molecular weight is 967 g/mol. The van der Waals surface area contributed by atoms with Gasteiger partial charge in [-0.25, -0.2) is 0 Å². The van der Waals surface area contributed by atoms with Gasteiger partial charge in [0.05, 0.1) is 12.2 Å². The lowest BCUT2D eigenvalue weighted by Crippen LogP contribution is -2.32. The molecule has 9 nitrogen and oxygen atoms in total. The Morgan fingerprint density at radius 2 is 1.23 bits per heavy atom. The lowest BCUT2D eigenvalue weighted by atomic mass is 9.65. The van der Waals surface area contributed by atoms with Crippen LogP contribution in [-0.4, -0.2) is 72.4 Å². The first kappa shape index (κ1) is 58.4. The molecule has 6 aliphatic rings. The van der Waals surface area contributed by atoms with E-state index in [2.05, 4.69) is 72.8 Å². The largest absolute Gasteiger partial charge is 0.508 e. The number of ketones is 3. The number of aromatic hydroxyl groups is 2. The van der Waals surface area contributed by atoms with Crippen LogP contribution in [0.3, 0.4) is 0 Å². The van der Waals surface area contributed by atoms with Gasteiger partial charge in [0, 0.05) is 29.1 Å². The first-order valence-corrected chi connectivity index (χ1v) is 25.8. The molecule has 6 aliphatic carbocycles. The van der Waals surface area contributed by atoms with Crippen LogP contribution in [0.25, 0.3) is 16.3 Å². The number of aliphatic hydroxyl groups excluding tert-OH is 4. The highest BCUT2D eigenvalue weighted by Gasteiger charge is 2.47. The second-order valence-corrected chi connectivity index (χ2v) is 24.7. The smallest absolute Gasteiger partial charge is 0.167 e. The molecular formula is C61H90O9. The third kappa shape index (κ3) is 12.7. The molecule has 0 bridgehead atoms. The number of aryl methyl sites for hydroxylation is 2. The molecule has 388 valence electrons. The molecule has 70 heavy (non-hydrogen) atoms. The Morgan fingerprint density at radius 3 is 1.63 bits per heavy atom. The van der Waals surface area contributed by atoms with Crippen molar-refractivity contribution in [2.24, 2.45) is 56.7 Å². The summed E-state index contributed by atoms with van der Waals surface area (Å²) < 4.78 is 0. The highest BCUT2D eigenvalue weighted by Crippen LogP contribution is 2.49. The molecule has 4 fully saturated rings. The van der Waals surface area contributed by atoms with Crippen LogP contribution in [0.1, 0.15) is 165 Å². The quantitative estimate of drug-likeness (QED) is 0.128. The molecule has 9 heteroatoms. The molecule has 0 aromatic heterocycles. The summed E-state index contributed by atoms with van der Waals surface area (Å²) in [5.41, 5.74) is 7.72. The lowest BCUT2D eigenvalue weighted by Gasteiger charge is -2.40. The third-order valence-corrected chi connectivity index (χ3v) is 18.5. The van der Waals surface area contributed by atoms with Gasteiger partial charge in [0.25, 0.3) is 0 Å². The summed E-state index contributed by atoms with van der Waals surface area (Å²) in [5.74, 6) is 3.37. The monoisotopic (exact) mass is 967 g/mol. The average Bonchev–Trinajstić information content (AvgIpc) is 3.78. The Morgan fingerprint density at radius 1 is 0.629 bits per heavy atom. The molecule has 3 aromatic carbocycles. The van der Waals surface area contributed by atoms with Crippen LogP contribution in [0, 0.1) is 70.5 Å². The maximum absolute atomic E-state index is 11.2. The fraction of sp³-hybridized carbons (Fsp3) is 0.623. The number of carbonyl (C=O) groups excluding carboxylic acids is 3. The van der Waals surface area contributed by atoms with Crippen molar-refractivity contribution < 1.29 is 45.0 Å². The zero-order chi connectivity index (χ0) is 53.2. The summed E-state index contributed by atoms with van der Waals surface area (Å²) in [6.45, 7) is 35.2. The number of hydrogen-bond donors (Lipinski definition) is 6. The van der Waals surface area contributed by atoms with Gasteiger partial charge < -0.3 is 30.6 Å². The predicted octanol–water partition coefficient (Wildman–Crippen LogP) is 12.2. The molecule has 0 spiro atoms. The molecular weight excluding hydrogens is 877 g/mol. The molecule has 0 aliphatic heterocycles. The van der Waals surface area contributed by atoms with Crippen molar-refractivity contribution in [3.8, 4) is 11.5 Å². The second-order valence-electron chi connectivity index (χ2n) is 24.7. The zero-order valence-corrected chi connectivity index (χ0v) is 45.8. The van der Waals surface area contributed by atoms with E-state index >= 15 is 0 Å². The first-order valence-electron chi connectivity index (χ1n) is 25.8. The van der Waals surface area contributed by atoms with Crippen LogP contribution < -0.4 is 0 Å². The molecule has 3 aromatic rings. The maximum atomic E-state index is 11.2. The van der Waals surface area contributed by atoms with Gasteiger partial charge in [0.2, 0.25) is 0 Å². The van der Waals surface area contributed by atoms with Crippen molar-refractivity contribution >= 4 is 33.7 Å². The first-order chi connectivity index (χ1) is 32.1. The molecule has 0 heterocycles. The van der Waals surface area contributed by atoms with Gasteiger partial charge in [-0.05, 0) is 155 Å². The van der Waals surface area contributed by atoms with Gasteiger partial charge in [-0.2, -0.15) is 0 Å². The molecule has 0 saturated heterocycles. The van der Waals surface area contributed by atoms with Gasteiger partial charge in [0.1, 0.15) is 29.5 Å². The van der Waals surface area contributed by atoms with Crippen LogP contribution in [0.15, 0.2) is 66.3 Å². The Hall–Kier alpha value is -4.15. The lowest BCUT2D eigenvalue weighted by molar-refractivity contribution is -0.131. The minimum absolute atomic E-state index is 0.000000000000000444. The molecule has 6 N–H and O–H groups in total. The molecule has 9 atom stereocenters. The number of Topliss-reactive ketones (excluding diaryl/α,β-unsaturated/α-hetero) is 3. The van der Waals surface area contributed by atoms with E-state index in [1.54, 1.807) is 18.2 Å². The minimum Gasteiger partial charge on any atom is -0.508 e. The minimum atomic E-state index is -0.734. The summed E-state index contributed by atoms with van der Waals surface area (Å²) in [7, 11) is 0. The summed E-state index contributed by atoms with van der Waals surface area (Å²) >= 11 is 0. The number of benzene rings is 3. The second kappa shape index (κ2) is 22.3. The zero-order valence-electron chi connectivity index (χ0n) is 45.8. The maximum Gasteiger partial charge on any atom is 0.167 e. The number of carbonyl (C=O) groups is 3. The van der Waals surface area contributed by atoms with Gasteiger partial charge in [-0.3, -0.25) is 14.4 Å².